The van der Waals surface area contributed by atoms with Gasteiger partial charge in [0.1, 0.15) is 5.69 Å². The fourth-order valence-corrected chi connectivity index (χ4v) is 2.14. The van der Waals surface area contributed by atoms with Crippen LogP contribution in [0.1, 0.15) is 23.2 Å². The average Bonchev–Trinajstić information content (AvgIpc) is 2.15. The first-order chi connectivity index (χ1) is 7.29. The third-order valence-electron chi connectivity index (χ3n) is 1.79. The quantitative estimate of drug-likeness (QED) is 0.575. The van der Waals surface area contributed by atoms with Crippen LogP contribution in [0.2, 0.25) is 0 Å². The van der Waals surface area contributed by atoms with Crippen LogP contribution in [0, 0.1) is 0 Å². The van der Waals surface area contributed by atoms with Crippen LogP contribution < -0.4 is 0 Å². The minimum Gasteiger partial charge on any atom is -0.253 e. The fourth-order valence-electron chi connectivity index (χ4n) is 1.07. The first-order valence-electron chi connectivity index (χ1n) is 3.87. The number of aromatic nitrogens is 1. The van der Waals surface area contributed by atoms with Crippen LogP contribution in [0.4, 0.5) is 22.0 Å². The van der Waals surface area contributed by atoms with Gasteiger partial charge in [-0.1, -0.05) is 0 Å². The van der Waals surface area contributed by atoms with E-state index in [0.29, 0.717) is 6.20 Å². The first kappa shape index (κ1) is 13.6. The van der Waals surface area contributed by atoms with Gasteiger partial charge in [0.15, 0.2) is 0 Å². The summed E-state index contributed by atoms with van der Waals surface area (Å²) in [4.78, 5) is 3.08. The van der Waals surface area contributed by atoms with E-state index in [1.165, 1.54) is 0 Å². The van der Waals surface area contributed by atoms with Crippen LogP contribution in [0.3, 0.4) is 0 Å². The molecule has 0 N–H and O–H groups in total. The maximum atomic E-state index is 12.4. The molecule has 0 spiro atoms. The Morgan fingerprint density at radius 1 is 1.38 bits per heavy atom. The van der Waals surface area contributed by atoms with Gasteiger partial charge in [-0.3, -0.25) is 4.98 Å². The van der Waals surface area contributed by atoms with Crippen molar-refractivity contribution in [2.24, 2.45) is 0 Å². The molecule has 1 aromatic rings. The van der Waals surface area contributed by atoms with E-state index in [2.05, 4.69) is 20.9 Å². The number of alkyl halides is 6. The molecule has 0 fully saturated rings. The normalized spacial score (nSPS) is 12.2. The predicted molar refractivity (Wildman–Crippen MR) is 51.5 cm³/mol. The average molecular weight is 324 g/mol. The maximum absolute atomic E-state index is 12.4. The van der Waals surface area contributed by atoms with E-state index in [9.17, 15) is 22.0 Å². The zero-order valence-electron chi connectivity index (χ0n) is 7.45. The Kier molecular flexibility index (Phi) is 4.12. The highest BCUT2D eigenvalue weighted by Crippen LogP contribution is 2.38. The van der Waals surface area contributed by atoms with Gasteiger partial charge in [-0.2, -0.15) is 13.2 Å². The molecule has 1 rings (SSSR count). The van der Waals surface area contributed by atoms with Crippen molar-refractivity contribution in [1.82, 2.24) is 4.98 Å². The second-order valence-electron chi connectivity index (χ2n) is 2.78. The number of pyridine rings is 1. The summed E-state index contributed by atoms with van der Waals surface area (Å²) in [5.74, 6) is -0.530. The predicted octanol–water partition coefficient (Wildman–Crippen LogP) is 4.54. The van der Waals surface area contributed by atoms with Crippen molar-refractivity contribution >= 4 is 27.5 Å². The molecule has 0 saturated carbocycles. The van der Waals surface area contributed by atoms with E-state index in [4.69, 9.17) is 11.6 Å². The van der Waals surface area contributed by atoms with E-state index < -0.39 is 39.8 Å². The maximum Gasteiger partial charge on any atom is 0.418 e. The highest BCUT2D eigenvalue weighted by molar-refractivity contribution is 9.10. The smallest absolute Gasteiger partial charge is 0.253 e. The molecule has 1 nitrogen and oxygen atoms in total. The first-order valence-corrected chi connectivity index (χ1v) is 5.20. The van der Waals surface area contributed by atoms with E-state index >= 15 is 0 Å². The molecule has 0 saturated heterocycles. The molecule has 1 heterocycles. The van der Waals surface area contributed by atoms with E-state index in [-0.39, 0.29) is 0 Å². The van der Waals surface area contributed by atoms with Crippen molar-refractivity contribution in [1.29, 1.82) is 0 Å². The summed E-state index contributed by atoms with van der Waals surface area (Å²) >= 11 is 7.98. The molecule has 0 aromatic carbocycles. The van der Waals surface area contributed by atoms with E-state index in [1.807, 2.05) is 0 Å². The Hall–Kier alpha value is -0.430. The SMILES string of the molecule is FC(F)c1ncc(C(F)(F)F)c(CCl)c1Br. The number of rotatable bonds is 2. The summed E-state index contributed by atoms with van der Waals surface area (Å²) in [5.41, 5.74) is -2.29. The van der Waals surface area contributed by atoms with Gasteiger partial charge < -0.3 is 0 Å². The van der Waals surface area contributed by atoms with Crippen LogP contribution in [0.25, 0.3) is 0 Å². The minimum atomic E-state index is -4.67. The molecule has 0 aliphatic heterocycles. The molecule has 0 bridgehead atoms. The van der Waals surface area contributed by atoms with Crippen molar-refractivity contribution < 1.29 is 22.0 Å². The summed E-state index contributed by atoms with van der Waals surface area (Å²) in [6.45, 7) is 0. The lowest BCUT2D eigenvalue weighted by atomic mass is 10.1. The third-order valence-corrected chi connectivity index (χ3v) is 2.95. The van der Waals surface area contributed by atoms with Crippen LogP contribution in [0.15, 0.2) is 10.7 Å². The van der Waals surface area contributed by atoms with Crippen molar-refractivity contribution in [3.05, 3.63) is 27.5 Å². The molecular weight excluding hydrogens is 320 g/mol. The summed E-state index contributed by atoms with van der Waals surface area (Å²) in [6.07, 6.45) is -7.26. The number of nitrogens with zero attached hydrogens (tertiary/aromatic N) is 1. The van der Waals surface area contributed by atoms with Gasteiger partial charge in [-0.25, -0.2) is 8.78 Å². The highest BCUT2D eigenvalue weighted by atomic mass is 79.9. The fraction of sp³-hybridized carbons (Fsp3) is 0.375. The molecule has 90 valence electrons. The topological polar surface area (TPSA) is 12.9 Å². The van der Waals surface area contributed by atoms with Crippen LogP contribution in [-0.2, 0) is 12.1 Å². The van der Waals surface area contributed by atoms with Crippen LogP contribution >= 0.6 is 27.5 Å². The lowest BCUT2D eigenvalue weighted by Gasteiger charge is -2.14. The Morgan fingerprint density at radius 2 is 1.94 bits per heavy atom. The lowest BCUT2D eigenvalue weighted by Crippen LogP contribution is -2.11. The molecule has 0 amide bonds. The zero-order valence-corrected chi connectivity index (χ0v) is 9.80. The monoisotopic (exact) mass is 323 g/mol. The number of hydrogen-bond acceptors (Lipinski definition) is 1. The van der Waals surface area contributed by atoms with Gasteiger partial charge in [0.2, 0.25) is 0 Å². The molecule has 0 unspecified atom stereocenters. The van der Waals surface area contributed by atoms with E-state index in [1.54, 1.807) is 0 Å². The molecule has 8 heteroatoms. The van der Waals surface area contributed by atoms with Gasteiger partial charge in [0.05, 0.1) is 5.56 Å². The third kappa shape index (κ3) is 2.63. The van der Waals surface area contributed by atoms with Gasteiger partial charge in [-0.05, 0) is 21.5 Å². The van der Waals surface area contributed by atoms with Gasteiger partial charge in [0, 0.05) is 16.5 Å². The molecular formula is C8H4BrClF5N. The summed E-state index contributed by atoms with van der Waals surface area (Å²) < 4.78 is 61.6. The van der Waals surface area contributed by atoms with E-state index in [0.717, 1.165) is 0 Å². The molecule has 16 heavy (non-hydrogen) atoms. The summed E-state index contributed by atoms with van der Waals surface area (Å²) in [5, 5.41) is 0. The van der Waals surface area contributed by atoms with Crippen LogP contribution in [0.5, 0.6) is 0 Å². The molecule has 0 atom stereocenters. The Balaban J connectivity index is 3.41. The largest absolute Gasteiger partial charge is 0.418 e. The Labute approximate surface area is 101 Å². The van der Waals surface area contributed by atoms with Gasteiger partial charge in [-0.15, -0.1) is 11.6 Å². The number of halogens is 7. The molecule has 0 aliphatic rings. The zero-order chi connectivity index (χ0) is 12.5. The lowest BCUT2D eigenvalue weighted by molar-refractivity contribution is -0.138. The van der Waals surface area contributed by atoms with Crippen molar-refractivity contribution in [3.8, 4) is 0 Å². The Bertz CT molecular complexity index is 393. The van der Waals surface area contributed by atoms with Gasteiger partial charge in [0.25, 0.3) is 6.43 Å². The summed E-state index contributed by atoms with van der Waals surface area (Å²) in [6, 6.07) is 0. The summed E-state index contributed by atoms with van der Waals surface area (Å²) in [7, 11) is 0. The second kappa shape index (κ2) is 4.83. The second-order valence-corrected chi connectivity index (χ2v) is 3.84. The molecule has 0 radical (unpaired) electrons. The van der Waals surface area contributed by atoms with Crippen molar-refractivity contribution in [2.75, 3.05) is 0 Å². The Morgan fingerprint density at radius 3 is 2.31 bits per heavy atom. The standard InChI is InChI=1S/C8H4BrClF5N/c9-5-3(1-10)4(8(13,14)15)2-16-6(5)7(11)12/h2,7H,1H2. The highest BCUT2D eigenvalue weighted by Gasteiger charge is 2.35. The number of hydrogen-bond donors (Lipinski definition) is 0. The van der Waals surface area contributed by atoms with Crippen molar-refractivity contribution in [2.45, 2.75) is 18.5 Å². The molecule has 0 aliphatic carbocycles. The van der Waals surface area contributed by atoms with Crippen LogP contribution in [-0.4, -0.2) is 4.98 Å². The minimum absolute atomic E-state index is 0.365. The van der Waals surface area contributed by atoms with Gasteiger partial charge >= 0.3 is 6.18 Å². The van der Waals surface area contributed by atoms with Crippen molar-refractivity contribution in [3.63, 3.8) is 0 Å². The molecule has 1 aromatic heterocycles.